The van der Waals surface area contributed by atoms with Gasteiger partial charge in [0.1, 0.15) is 17.1 Å². The third kappa shape index (κ3) is 8.55. The van der Waals surface area contributed by atoms with Crippen molar-refractivity contribution in [3.63, 3.8) is 0 Å². The lowest BCUT2D eigenvalue weighted by molar-refractivity contribution is -0.482. The first-order valence-electron chi connectivity index (χ1n) is 17.6. The minimum absolute atomic E-state index is 0.0178. The minimum Gasteiger partial charge on any atom is -0.496 e. The Kier molecular flexibility index (Phi) is 11.7. The van der Waals surface area contributed by atoms with E-state index in [0.29, 0.717) is 17.8 Å². The summed E-state index contributed by atoms with van der Waals surface area (Å²) in [7, 11) is -4.24. The van der Waals surface area contributed by atoms with Gasteiger partial charge in [-0.05, 0) is 41.5 Å². The zero-order chi connectivity index (χ0) is 36.9. The van der Waals surface area contributed by atoms with Crippen molar-refractivity contribution in [3.8, 4) is 16.9 Å². The zero-order valence-corrected chi connectivity index (χ0v) is 30.4. The lowest BCUT2D eigenvalue weighted by Gasteiger charge is -2.27. The van der Waals surface area contributed by atoms with Gasteiger partial charge in [-0.1, -0.05) is 145 Å². The Morgan fingerprint density at radius 1 is 0.608 bits per heavy atom. The van der Waals surface area contributed by atoms with Crippen LogP contribution in [0.2, 0.25) is 0 Å². The molecule has 5 aromatic rings. The summed E-state index contributed by atoms with van der Waals surface area (Å²) >= 11 is 0. The fourth-order valence-electron chi connectivity index (χ4n) is 6.99. The predicted octanol–water partition coefficient (Wildman–Crippen LogP) is 12.7. The maximum Gasteiger partial charge on any atom is 0.673 e. The maximum atomic E-state index is 9.75. The molecule has 0 saturated carbocycles. The highest BCUT2D eigenvalue weighted by Gasteiger charge is 2.47. The second kappa shape index (κ2) is 16.0. The molecule has 0 radical (unpaired) electrons. The molecule has 266 valence electrons. The van der Waals surface area contributed by atoms with Crippen molar-refractivity contribution in [1.82, 2.24) is 0 Å². The fraction of sp³-hybridized carbons (Fsp3) is 0.279. The van der Waals surface area contributed by atoms with E-state index in [4.69, 9.17) is 4.74 Å². The Labute approximate surface area is 300 Å². The van der Waals surface area contributed by atoms with Gasteiger partial charge in [0.2, 0.25) is 6.34 Å². The monoisotopic (exact) mass is 694 g/mol. The van der Waals surface area contributed by atoms with Gasteiger partial charge >= 0.3 is 7.25 Å². The van der Waals surface area contributed by atoms with Crippen LogP contribution in [-0.4, -0.2) is 25.3 Å². The molecule has 0 saturated heterocycles. The van der Waals surface area contributed by atoms with Crippen LogP contribution in [0.5, 0.6) is 5.75 Å². The summed E-state index contributed by atoms with van der Waals surface area (Å²) < 4.78 is 47.5. The van der Waals surface area contributed by atoms with Crippen LogP contribution < -0.4 is 9.64 Å². The standard InChI is InChI=1S/C43H47N2O.BF4/c1-29(2)34-26-37(30(3)4)43(38(27-34)31(5)6)45-28-44(39-24-16-14-22-35(39)36-23-15-17-25-40(36)46-7)41(32-18-10-8-11-19-32)42(45)33-20-12-9-13-21-33;2-1(3,4)5/h8-31,41-42H,1-7H3;/q+1;-1/t41-,42-;/m0./s1. The molecule has 0 bridgehead atoms. The fourth-order valence-corrected chi connectivity index (χ4v) is 6.99. The number of anilines is 1. The summed E-state index contributed by atoms with van der Waals surface area (Å²) in [5.41, 5.74) is 11.5. The topological polar surface area (TPSA) is 15.5 Å². The lowest BCUT2D eigenvalue weighted by Crippen LogP contribution is -2.26. The summed E-state index contributed by atoms with van der Waals surface area (Å²) in [4.78, 5) is 2.51. The van der Waals surface area contributed by atoms with Crippen molar-refractivity contribution in [2.75, 3.05) is 12.0 Å². The molecule has 51 heavy (non-hydrogen) atoms. The summed E-state index contributed by atoms with van der Waals surface area (Å²) in [5.74, 6) is 2.05. The van der Waals surface area contributed by atoms with Gasteiger partial charge in [-0.15, -0.1) is 0 Å². The number of rotatable bonds is 9. The third-order valence-electron chi connectivity index (χ3n) is 9.37. The molecule has 0 fully saturated rings. The number of methoxy groups -OCH3 is 1. The first-order chi connectivity index (χ1) is 24.3. The molecule has 1 aliphatic rings. The first-order valence-corrected chi connectivity index (χ1v) is 17.6. The van der Waals surface area contributed by atoms with Crippen LogP contribution in [-0.2, 0) is 0 Å². The highest BCUT2D eigenvalue weighted by atomic mass is 19.5. The van der Waals surface area contributed by atoms with Gasteiger partial charge < -0.3 is 22.0 Å². The van der Waals surface area contributed by atoms with Crippen molar-refractivity contribution in [2.24, 2.45) is 0 Å². The molecule has 0 aromatic heterocycles. The van der Waals surface area contributed by atoms with E-state index in [9.17, 15) is 17.3 Å². The molecule has 0 spiro atoms. The van der Waals surface area contributed by atoms with Gasteiger partial charge in [-0.25, -0.2) is 9.48 Å². The highest BCUT2D eigenvalue weighted by molar-refractivity contribution is 6.50. The van der Waals surface area contributed by atoms with Crippen molar-refractivity contribution in [2.45, 2.75) is 71.4 Å². The molecular formula is C43H47BF4N2O. The van der Waals surface area contributed by atoms with Crippen LogP contribution in [0.1, 0.15) is 99.2 Å². The lowest BCUT2D eigenvalue weighted by atomic mass is 9.85. The van der Waals surface area contributed by atoms with Crippen molar-refractivity contribution >= 4 is 25.0 Å². The summed E-state index contributed by atoms with van der Waals surface area (Å²) in [6.45, 7) is 14.0. The van der Waals surface area contributed by atoms with E-state index in [1.165, 1.54) is 33.5 Å². The van der Waals surface area contributed by atoms with Crippen LogP contribution in [0, 0.1) is 0 Å². The van der Waals surface area contributed by atoms with Crippen molar-refractivity contribution in [3.05, 3.63) is 149 Å². The highest BCUT2D eigenvalue weighted by Crippen LogP contribution is 2.50. The SMILES string of the molecule is COc1ccccc1-c1ccccc1N1C=[N+](c2c(C(C)C)cc(C(C)C)cc2C(C)C)[C@@H](c2ccccc2)[C@@H]1c1ccccc1.F[B-](F)(F)F. The molecule has 0 unspecified atom stereocenters. The molecule has 2 atom stereocenters. The second-order valence-electron chi connectivity index (χ2n) is 13.9. The van der Waals surface area contributed by atoms with Crippen LogP contribution in [0.3, 0.4) is 0 Å². The normalized spacial score (nSPS) is 16.0. The molecule has 6 rings (SSSR count). The van der Waals surface area contributed by atoms with E-state index in [1.807, 2.05) is 12.1 Å². The first kappa shape index (κ1) is 37.4. The number of para-hydroxylation sites is 2. The maximum absolute atomic E-state index is 9.75. The Morgan fingerprint density at radius 3 is 1.59 bits per heavy atom. The average Bonchev–Trinajstić information content (AvgIpc) is 3.51. The number of hydrogen-bond acceptors (Lipinski definition) is 2. The third-order valence-corrected chi connectivity index (χ3v) is 9.37. The second-order valence-corrected chi connectivity index (χ2v) is 13.9. The smallest absolute Gasteiger partial charge is 0.496 e. The van der Waals surface area contributed by atoms with Crippen LogP contribution in [0.15, 0.2) is 121 Å². The van der Waals surface area contributed by atoms with Crippen LogP contribution in [0.4, 0.5) is 28.6 Å². The largest absolute Gasteiger partial charge is 0.673 e. The molecule has 3 nitrogen and oxygen atoms in total. The number of hydrogen-bond donors (Lipinski definition) is 0. The predicted molar refractivity (Wildman–Crippen MR) is 204 cm³/mol. The van der Waals surface area contributed by atoms with E-state index in [2.05, 4.69) is 167 Å². The molecule has 1 aliphatic heterocycles. The average molecular weight is 695 g/mol. The number of nitrogens with zero attached hydrogens (tertiary/aromatic N) is 2. The molecule has 0 N–H and O–H groups in total. The van der Waals surface area contributed by atoms with Crippen LogP contribution in [0.25, 0.3) is 11.1 Å². The number of benzene rings is 5. The van der Waals surface area contributed by atoms with Gasteiger partial charge in [0, 0.05) is 33.4 Å². The zero-order valence-electron chi connectivity index (χ0n) is 30.4. The Morgan fingerprint density at radius 2 is 1.08 bits per heavy atom. The number of halogens is 4. The quantitative estimate of drug-likeness (QED) is 0.0867. The van der Waals surface area contributed by atoms with Crippen molar-refractivity contribution < 1.29 is 26.6 Å². The van der Waals surface area contributed by atoms with Crippen molar-refractivity contribution in [1.29, 1.82) is 0 Å². The van der Waals surface area contributed by atoms with Gasteiger partial charge in [0.05, 0.1) is 7.11 Å². The summed E-state index contributed by atoms with van der Waals surface area (Å²) in [6.07, 6.45) is 2.39. The Hall–Kier alpha value is -4.85. The van der Waals surface area contributed by atoms with Gasteiger partial charge in [-0.2, -0.15) is 0 Å². The molecule has 0 amide bonds. The molecule has 8 heteroatoms. The number of ether oxygens (including phenoxy) is 1. The van der Waals surface area contributed by atoms with Crippen LogP contribution >= 0.6 is 0 Å². The minimum atomic E-state index is -6.00. The molecular weight excluding hydrogens is 647 g/mol. The molecule has 0 aliphatic carbocycles. The van der Waals surface area contributed by atoms with E-state index >= 15 is 0 Å². The van der Waals surface area contributed by atoms with Gasteiger partial charge in [0.15, 0.2) is 12.1 Å². The van der Waals surface area contributed by atoms with E-state index in [1.54, 1.807) is 7.11 Å². The summed E-state index contributed by atoms with van der Waals surface area (Å²) in [6, 6.07) is 44.2. The van der Waals surface area contributed by atoms with Gasteiger partial charge in [0.25, 0.3) is 0 Å². The van der Waals surface area contributed by atoms with Gasteiger partial charge in [-0.3, -0.25) is 0 Å². The van der Waals surface area contributed by atoms with E-state index in [-0.39, 0.29) is 12.1 Å². The Bertz CT molecular complexity index is 1910. The molecule has 5 aromatic carbocycles. The summed E-state index contributed by atoms with van der Waals surface area (Å²) in [5, 5.41) is 0. The van der Waals surface area contributed by atoms with E-state index in [0.717, 1.165) is 22.6 Å². The molecule has 1 heterocycles. The van der Waals surface area contributed by atoms with E-state index < -0.39 is 7.25 Å². The Balaban J connectivity index is 0.000000943.